The van der Waals surface area contributed by atoms with Crippen LogP contribution in [-0.4, -0.2) is 49.8 Å². The summed E-state index contributed by atoms with van der Waals surface area (Å²) < 4.78 is 5.13. The summed E-state index contributed by atoms with van der Waals surface area (Å²) in [5.74, 6) is 3.00. The van der Waals surface area contributed by atoms with Crippen molar-refractivity contribution in [3.63, 3.8) is 0 Å². The number of hydrogen-bond donors (Lipinski definition) is 1. The number of methoxy groups -OCH3 is 1. The maximum absolute atomic E-state index is 11.9. The zero-order chi connectivity index (χ0) is 17.4. The zero-order valence-corrected chi connectivity index (χ0v) is 15.9. The largest absolute Gasteiger partial charge is 0.497 e. The molecule has 134 valence electrons. The van der Waals surface area contributed by atoms with Crippen LogP contribution in [0.2, 0.25) is 0 Å². The van der Waals surface area contributed by atoms with Crippen molar-refractivity contribution in [1.29, 1.82) is 0 Å². The standard InChI is InChI=1S/C19H30N2O2S/c1-15-11-16(2)13-21(12-15)10-4-9-20-19(22)14-24-18-7-5-17(23-3)6-8-18/h5-8,15-16H,4,9-14H2,1-3H3,(H,20,22). The molecule has 0 aromatic heterocycles. The molecular formula is C19H30N2O2S. The third kappa shape index (κ3) is 6.73. The first kappa shape index (κ1) is 19.1. The van der Waals surface area contributed by atoms with E-state index >= 15 is 0 Å². The summed E-state index contributed by atoms with van der Waals surface area (Å²) in [7, 11) is 1.65. The van der Waals surface area contributed by atoms with Crippen molar-refractivity contribution in [2.24, 2.45) is 11.8 Å². The molecule has 2 atom stereocenters. The highest BCUT2D eigenvalue weighted by molar-refractivity contribution is 8.00. The normalized spacial score (nSPS) is 21.5. The Balaban J connectivity index is 1.57. The Morgan fingerprint density at radius 1 is 1.25 bits per heavy atom. The van der Waals surface area contributed by atoms with Crippen LogP contribution in [0.5, 0.6) is 5.75 Å². The van der Waals surface area contributed by atoms with Gasteiger partial charge in [-0.1, -0.05) is 13.8 Å². The van der Waals surface area contributed by atoms with Crippen LogP contribution in [0.4, 0.5) is 0 Å². The van der Waals surface area contributed by atoms with Crippen molar-refractivity contribution in [2.45, 2.75) is 31.6 Å². The minimum Gasteiger partial charge on any atom is -0.497 e. The highest BCUT2D eigenvalue weighted by Gasteiger charge is 2.20. The summed E-state index contributed by atoms with van der Waals surface area (Å²) in [6.07, 6.45) is 2.37. The number of likely N-dealkylation sites (tertiary alicyclic amines) is 1. The number of carbonyl (C=O) groups excluding carboxylic acids is 1. The molecule has 2 unspecified atom stereocenters. The summed E-state index contributed by atoms with van der Waals surface area (Å²) >= 11 is 1.56. The van der Waals surface area contributed by atoms with Crippen LogP contribution in [0.25, 0.3) is 0 Å². The molecular weight excluding hydrogens is 320 g/mol. The molecule has 0 saturated carbocycles. The van der Waals surface area contributed by atoms with Crippen LogP contribution in [0, 0.1) is 11.8 Å². The average molecular weight is 351 g/mol. The molecule has 1 fully saturated rings. The number of thioether (sulfide) groups is 1. The quantitative estimate of drug-likeness (QED) is 0.577. The molecule has 2 rings (SSSR count). The van der Waals surface area contributed by atoms with Crippen LogP contribution in [-0.2, 0) is 4.79 Å². The van der Waals surface area contributed by atoms with Crippen LogP contribution in [0.15, 0.2) is 29.2 Å². The van der Waals surface area contributed by atoms with Gasteiger partial charge in [-0.05, 0) is 55.5 Å². The molecule has 1 aromatic carbocycles. The van der Waals surface area contributed by atoms with Gasteiger partial charge in [0.15, 0.2) is 0 Å². The van der Waals surface area contributed by atoms with Gasteiger partial charge in [-0.15, -0.1) is 11.8 Å². The number of amides is 1. The fourth-order valence-electron chi connectivity index (χ4n) is 3.38. The van der Waals surface area contributed by atoms with Gasteiger partial charge in [0, 0.05) is 24.5 Å². The Hall–Kier alpha value is -1.20. The van der Waals surface area contributed by atoms with E-state index in [1.54, 1.807) is 18.9 Å². The fraction of sp³-hybridized carbons (Fsp3) is 0.632. The second-order valence-electron chi connectivity index (χ2n) is 6.87. The van der Waals surface area contributed by atoms with E-state index < -0.39 is 0 Å². The SMILES string of the molecule is COc1ccc(SCC(=O)NCCCN2CC(C)CC(C)C2)cc1. The number of hydrogen-bond acceptors (Lipinski definition) is 4. The number of nitrogens with one attached hydrogen (secondary N) is 1. The smallest absolute Gasteiger partial charge is 0.230 e. The monoisotopic (exact) mass is 350 g/mol. The fourth-order valence-corrected chi connectivity index (χ4v) is 4.11. The number of carbonyl (C=O) groups is 1. The van der Waals surface area contributed by atoms with Gasteiger partial charge in [-0.25, -0.2) is 0 Å². The Bertz CT molecular complexity index is 497. The van der Waals surface area contributed by atoms with Gasteiger partial charge in [-0.2, -0.15) is 0 Å². The van der Waals surface area contributed by atoms with Crippen LogP contribution < -0.4 is 10.1 Å². The van der Waals surface area contributed by atoms with E-state index in [2.05, 4.69) is 24.1 Å². The van der Waals surface area contributed by atoms with Gasteiger partial charge in [0.05, 0.1) is 12.9 Å². The molecule has 5 heteroatoms. The van der Waals surface area contributed by atoms with E-state index in [4.69, 9.17) is 4.74 Å². The topological polar surface area (TPSA) is 41.6 Å². The van der Waals surface area contributed by atoms with E-state index in [9.17, 15) is 4.79 Å². The predicted octanol–water partition coefficient (Wildman–Crippen LogP) is 3.27. The maximum Gasteiger partial charge on any atom is 0.230 e. The Morgan fingerprint density at radius 3 is 2.54 bits per heavy atom. The van der Waals surface area contributed by atoms with E-state index in [1.807, 2.05) is 24.3 Å². The van der Waals surface area contributed by atoms with E-state index in [0.29, 0.717) is 5.75 Å². The lowest BCUT2D eigenvalue weighted by Crippen LogP contribution is -2.40. The summed E-state index contributed by atoms with van der Waals surface area (Å²) in [5.41, 5.74) is 0. The van der Waals surface area contributed by atoms with E-state index in [0.717, 1.165) is 42.0 Å². The first-order valence-electron chi connectivity index (χ1n) is 8.82. The van der Waals surface area contributed by atoms with Gasteiger partial charge in [0.25, 0.3) is 0 Å². The predicted molar refractivity (Wildman–Crippen MR) is 101 cm³/mol. The van der Waals surface area contributed by atoms with E-state index in [1.165, 1.54) is 19.5 Å². The zero-order valence-electron chi connectivity index (χ0n) is 15.1. The molecule has 0 radical (unpaired) electrons. The molecule has 0 spiro atoms. The summed E-state index contributed by atoms with van der Waals surface area (Å²) in [4.78, 5) is 15.5. The summed E-state index contributed by atoms with van der Waals surface area (Å²) in [5, 5.41) is 3.03. The lowest BCUT2D eigenvalue weighted by atomic mass is 9.92. The van der Waals surface area contributed by atoms with Gasteiger partial charge >= 0.3 is 0 Å². The minimum atomic E-state index is 0.108. The molecule has 4 nitrogen and oxygen atoms in total. The molecule has 1 aliphatic heterocycles. The van der Waals surface area contributed by atoms with Crippen molar-refractivity contribution in [1.82, 2.24) is 10.2 Å². The second kappa shape index (κ2) is 9.94. The average Bonchev–Trinajstić information content (AvgIpc) is 2.56. The van der Waals surface area contributed by atoms with Gasteiger partial charge in [0.1, 0.15) is 5.75 Å². The van der Waals surface area contributed by atoms with Crippen molar-refractivity contribution in [3.05, 3.63) is 24.3 Å². The summed E-state index contributed by atoms with van der Waals surface area (Å²) in [6.45, 7) is 8.92. The van der Waals surface area contributed by atoms with Crippen molar-refractivity contribution < 1.29 is 9.53 Å². The van der Waals surface area contributed by atoms with Crippen molar-refractivity contribution >= 4 is 17.7 Å². The number of benzene rings is 1. The second-order valence-corrected chi connectivity index (χ2v) is 7.92. The highest BCUT2D eigenvalue weighted by atomic mass is 32.2. The van der Waals surface area contributed by atoms with Crippen LogP contribution in [0.1, 0.15) is 26.7 Å². The molecule has 24 heavy (non-hydrogen) atoms. The number of rotatable bonds is 8. The summed E-state index contributed by atoms with van der Waals surface area (Å²) in [6, 6.07) is 7.80. The Kier molecular flexibility index (Phi) is 7.92. The molecule has 1 amide bonds. The lowest BCUT2D eigenvalue weighted by molar-refractivity contribution is -0.118. The highest BCUT2D eigenvalue weighted by Crippen LogP contribution is 2.21. The molecule has 0 aliphatic carbocycles. The first-order valence-corrected chi connectivity index (χ1v) is 9.81. The van der Waals surface area contributed by atoms with Gasteiger partial charge in [0.2, 0.25) is 5.91 Å². The Labute approximate surface area is 150 Å². The minimum absolute atomic E-state index is 0.108. The molecule has 1 saturated heterocycles. The number of ether oxygens (including phenoxy) is 1. The van der Waals surface area contributed by atoms with Gasteiger partial charge in [-0.3, -0.25) is 4.79 Å². The van der Waals surface area contributed by atoms with Crippen LogP contribution in [0.3, 0.4) is 0 Å². The maximum atomic E-state index is 11.9. The molecule has 1 aromatic rings. The first-order chi connectivity index (χ1) is 11.6. The number of nitrogens with zero attached hydrogens (tertiary/aromatic N) is 1. The Morgan fingerprint density at radius 2 is 1.92 bits per heavy atom. The molecule has 0 bridgehead atoms. The lowest BCUT2D eigenvalue weighted by Gasteiger charge is -2.34. The van der Waals surface area contributed by atoms with Crippen molar-refractivity contribution in [2.75, 3.05) is 39.0 Å². The molecule has 1 N–H and O–H groups in total. The number of piperidine rings is 1. The van der Waals surface area contributed by atoms with Crippen LogP contribution >= 0.6 is 11.8 Å². The third-order valence-electron chi connectivity index (χ3n) is 4.35. The molecule has 1 heterocycles. The van der Waals surface area contributed by atoms with Crippen molar-refractivity contribution in [3.8, 4) is 5.75 Å². The third-order valence-corrected chi connectivity index (χ3v) is 5.36. The molecule has 1 aliphatic rings. The van der Waals surface area contributed by atoms with E-state index in [-0.39, 0.29) is 5.91 Å². The van der Waals surface area contributed by atoms with Gasteiger partial charge < -0.3 is 15.0 Å².